The lowest BCUT2D eigenvalue weighted by atomic mass is 9.79. The van der Waals surface area contributed by atoms with E-state index in [0.717, 1.165) is 0 Å². The van der Waals surface area contributed by atoms with Crippen LogP contribution in [0.3, 0.4) is 0 Å². The third-order valence-corrected chi connectivity index (χ3v) is 3.25. The highest BCUT2D eigenvalue weighted by atomic mass is 16.5. The molecule has 0 fully saturated rings. The zero-order valence-corrected chi connectivity index (χ0v) is 13.7. The normalized spacial score (nSPS) is 12.4. The molecule has 4 nitrogen and oxygen atoms in total. The molecule has 0 aliphatic rings. The maximum Gasteiger partial charge on any atom is 0.228 e. The summed E-state index contributed by atoms with van der Waals surface area (Å²) in [4.78, 5) is 0. The Bertz CT molecular complexity index is 458. The summed E-state index contributed by atoms with van der Waals surface area (Å²) >= 11 is 0. The van der Waals surface area contributed by atoms with E-state index in [-0.39, 0.29) is 11.5 Å². The molecule has 0 bridgehead atoms. The first-order valence-corrected chi connectivity index (χ1v) is 6.65. The number of phenolic OH excluding ortho intramolecular Hbond substituents is 1. The molecule has 0 amide bonds. The summed E-state index contributed by atoms with van der Waals surface area (Å²) in [6, 6.07) is 0. The van der Waals surface area contributed by atoms with Gasteiger partial charge in [0, 0.05) is 5.56 Å². The van der Waals surface area contributed by atoms with Crippen molar-refractivity contribution in [3.8, 4) is 23.0 Å². The summed E-state index contributed by atoms with van der Waals surface area (Å²) in [5, 5.41) is 22.9. The molecule has 1 aromatic rings. The van der Waals surface area contributed by atoms with E-state index >= 15 is 0 Å². The minimum Gasteiger partial charge on any atom is -0.504 e. The first kappa shape index (κ1) is 16.5. The Balaban J connectivity index is 3.92. The Morgan fingerprint density at radius 2 is 1.15 bits per heavy atom. The smallest absolute Gasteiger partial charge is 0.228 e. The Morgan fingerprint density at radius 3 is 1.45 bits per heavy atom. The lowest BCUT2D eigenvalue weighted by Gasteiger charge is -2.30. The second kappa shape index (κ2) is 5.08. The molecule has 0 saturated heterocycles. The van der Waals surface area contributed by atoms with Crippen molar-refractivity contribution in [1.29, 1.82) is 0 Å². The van der Waals surface area contributed by atoms with Crippen molar-refractivity contribution in [2.24, 2.45) is 0 Å². The molecule has 1 N–H and O–H groups in total. The highest BCUT2D eigenvalue weighted by Gasteiger charge is 2.36. The summed E-state index contributed by atoms with van der Waals surface area (Å²) in [5.74, 6) is 0.204. The molecule has 1 aromatic carbocycles. The Morgan fingerprint density at radius 1 is 0.800 bits per heavy atom. The van der Waals surface area contributed by atoms with Crippen LogP contribution in [0.15, 0.2) is 0 Å². The van der Waals surface area contributed by atoms with Gasteiger partial charge in [0.05, 0.1) is 19.8 Å². The van der Waals surface area contributed by atoms with Crippen molar-refractivity contribution in [3.05, 3.63) is 11.1 Å². The molecule has 1 rings (SSSR count). The van der Waals surface area contributed by atoms with Gasteiger partial charge in [0.2, 0.25) is 5.75 Å². The number of phenols is 1. The van der Waals surface area contributed by atoms with E-state index in [1.165, 1.54) is 14.2 Å². The second-order valence-corrected chi connectivity index (χ2v) is 6.99. The van der Waals surface area contributed by atoms with Gasteiger partial charge in [-0.25, -0.2) is 0 Å². The van der Waals surface area contributed by atoms with Crippen LogP contribution in [0.2, 0.25) is 0 Å². The third kappa shape index (κ3) is 2.65. The van der Waals surface area contributed by atoms with E-state index < -0.39 is 10.8 Å². The fraction of sp³-hybridized carbons (Fsp3) is 0.625. The lowest BCUT2D eigenvalue weighted by molar-refractivity contribution is 0.284. The third-order valence-electron chi connectivity index (χ3n) is 3.25. The SMILES string of the molecule is COc1c(OC)c(C(C)(C)C)c(O)c([O])c1C(C)(C)C. The van der Waals surface area contributed by atoms with Crippen LogP contribution in [0.1, 0.15) is 52.7 Å². The molecular formula is C16H25O4. The monoisotopic (exact) mass is 281 g/mol. The predicted octanol–water partition coefficient (Wildman–Crippen LogP) is 4.15. The number of rotatable bonds is 2. The minimum atomic E-state index is -0.455. The van der Waals surface area contributed by atoms with E-state index in [0.29, 0.717) is 22.6 Å². The van der Waals surface area contributed by atoms with Gasteiger partial charge in [0.25, 0.3) is 0 Å². The average molecular weight is 281 g/mol. The van der Waals surface area contributed by atoms with Gasteiger partial charge < -0.3 is 14.6 Å². The number of benzene rings is 1. The molecule has 0 unspecified atom stereocenters. The molecule has 0 aliphatic carbocycles. The minimum absolute atomic E-state index is 0.250. The van der Waals surface area contributed by atoms with Crippen molar-refractivity contribution in [1.82, 2.24) is 0 Å². The summed E-state index contributed by atoms with van der Waals surface area (Å²) < 4.78 is 10.9. The number of ether oxygens (including phenoxy) is 2. The van der Waals surface area contributed by atoms with Crippen LogP contribution < -0.4 is 9.47 Å². The standard InChI is InChI=1S/C16H25O4/c1-15(2,3)9-11(17)12(18)10(16(4,5)6)14(20-8)13(9)19-7/h17H,1-8H3. The van der Waals surface area contributed by atoms with Crippen molar-refractivity contribution in [2.75, 3.05) is 14.2 Å². The van der Waals surface area contributed by atoms with E-state index in [4.69, 9.17) is 9.47 Å². The molecule has 113 valence electrons. The van der Waals surface area contributed by atoms with Crippen molar-refractivity contribution >= 4 is 0 Å². The van der Waals surface area contributed by atoms with Crippen molar-refractivity contribution in [2.45, 2.75) is 52.4 Å². The Labute approximate surface area is 121 Å². The van der Waals surface area contributed by atoms with E-state index in [1.807, 2.05) is 41.5 Å². The predicted molar refractivity (Wildman–Crippen MR) is 78.7 cm³/mol. The van der Waals surface area contributed by atoms with Gasteiger partial charge in [0.1, 0.15) is 0 Å². The number of methoxy groups -OCH3 is 2. The topological polar surface area (TPSA) is 58.6 Å². The first-order valence-electron chi connectivity index (χ1n) is 6.65. The van der Waals surface area contributed by atoms with Crippen molar-refractivity contribution in [3.63, 3.8) is 0 Å². The molecule has 20 heavy (non-hydrogen) atoms. The molecule has 0 saturated carbocycles. The van der Waals surface area contributed by atoms with Crippen LogP contribution >= 0.6 is 0 Å². The van der Waals surface area contributed by atoms with Gasteiger partial charge in [-0.3, -0.25) is 5.11 Å². The molecule has 4 heteroatoms. The zero-order chi connectivity index (χ0) is 15.9. The summed E-state index contributed by atoms with van der Waals surface area (Å²) in [6.45, 7) is 11.5. The van der Waals surface area contributed by atoms with Crippen LogP contribution in [0.25, 0.3) is 0 Å². The molecule has 0 spiro atoms. The summed E-state index contributed by atoms with van der Waals surface area (Å²) in [7, 11) is 3.03. The van der Waals surface area contributed by atoms with Gasteiger partial charge in [-0.2, -0.15) is 0 Å². The van der Waals surface area contributed by atoms with Crippen molar-refractivity contribution < 1.29 is 19.7 Å². The van der Waals surface area contributed by atoms with Gasteiger partial charge in [-0.1, -0.05) is 41.5 Å². The Hall–Kier alpha value is -1.58. The fourth-order valence-electron chi connectivity index (χ4n) is 2.44. The number of hydrogen-bond donors (Lipinski definition) is 1. The largest absolute Gasteiger partial charge is 0.504 e. The highest BCUT2D eigenvalue weighted by molar-refractivity contribution is 5.68. The molecule has 0 atom stereocenters. The molecular weight excluding hydrogens is 256 g/mol. The summed E-state index contributed by atoms with van der Waals surface area (Å²) in [5.41, 5.74) is 0.0271. The average Bonchev–Trinajstić information content (AvgIpc) is 2.27. The number of aromatic hydroxyl groups is 1. The summed E-state index contributed by atoms with van der Waals surface area (Å²) in [6.07, 6.45) is 0. The van der Waals surface area contributed by atoms with Crippen LogP contribution in [-0.4, -0.2) is 19.3 Å². The fourth-order valence-corrected chi connectivity index (χ4v) is 2.44. The first-order chi connectivity index (χ1) is 8.96. The van der Waals surface area contributed by atoms with Gasteiger partial charge in [-0.15, -0.1) is 0 Å². The van der Waals surface area contributed by atoms with Crippen LogP contribution in [0.5, 0.6) is 23.0 Å². The highest BCUT2D eigenvalue weighted by Crippen LogP contribution is 2.55. The van der Waals surface area contributed by atoms with Gasteiger partial charge in [-0.05, 0) is 10.8 Å². The van der Waals surface area contributed by atoms with Gasteiger partial charge in [0.15, 0.2) is 17.2 Å². The quantitative estimate of drug-likeness (QED) is 0.886. The van der Waals surface area contributed by atoms with Crippen LogP contribution in [0, 0.1) is 0 Å². The van der Waals surface area contributed by atoms with Crippen LogP contribution in [0.4, 0.5) is 0 Å². The zero-order valence-electron chi connectivity index (χ0n) is 13.7. The molecule has 1 radical (unpaired) electrons. The number of hydrogen-bond acceptors (Lipinski definition) is 3. The maximum atomic E-state index is 12.5. The molecule has 0 aliphatic heterocycles. The van der Waals surface area contributed by atoms with Gasteiger partial charge >= 0.3 is 0 Å². The second-order valence-electron chi connectivity index (χ2n) is 6.99. The lowest BCUT2D eigenvalue weighted by Crippen LogP contribution is -2.18. The van der Waals surface area contributed by atoms with Crippen LogP contribution in [-0.2, 0) is 15.9 Å². The molecule has 0 heterocycles. The Kier molecular flexibility index (Phi) is 4.18. The van der Waals surface area contributed by atoms with E-state index in [2.05, 4.69) is 0 Å². The van der Waals surface area contributed by atoms with E-state index in [9.17, 15) is 10.2 Å². The maximum absolute atomic E-state index is 12.5. The molecule has 0 aromatic heterocycles. The van der Waals surface area contributed by atoms with E-state index in [1.54, 1.807) is 0 Å².